The van der Waals surface area contributed by atoms with Crippen LogP contribution in [0, 0.1) is 18.3 Å². The Morgan fingerprint density at radius 2 is 2.29 bits per heavy atom. The van der Waals surface area contributed by atoms with Gasteiger partial charge in [-0.3, -0.25) is 10.4 Å². The fraction of sp³-hybridized carbons (Fsp3) is 0.600. The van der Waals surface area contributed by atoms with Crippen molar-refractivity contribution in [3.63, 3.8) is 0 Å². The van der Waals surface area contributed by atoms with E-state index in [1.165, 1.54) is 0 Å². The molecule has 4 heteroatoms. The van der Waals surface area contributed by atoms with Crippen molar-refractivity contribution < 1.29 is 0 Å². The van der Waals surface area contributed by atoms with Gasteiger partial charge in [0, 0.05) is 12.2 Å². The van der Waals surface area contributed by atoms with Crippen LogP contribution in [0.1, 0.15) is 32.2 Å². The molecule has 2 N–H and O–H groups in total. The van der Waals surface area contributed by atoms with Crippen molar-refractivity contribution in [2.75, 3.05) is 0 Å². The van der Waals surface area contributed by atoms with Gasteiger partial charge in [-0.1, -0.05) is 13.8 Å². The van der Waals surface area contributed by atoms with Gasteiger partial charge in [0.25, 0.3) is 0 Å². The molecule has 0 aliphatic rings. The van der Waals surface area contributed by atoms with Gasteiger partial charge in [-0.15, -0.1) is 0 Å². The Morgan fingerprint density at radius 1 is 1.64 bits per heavy atom. The monoisotopic (exact) mass is 194 g/mol. The summed E-state index contributed by atoms with van der Waals surface area (Å²) >= 11 is 0. The molecular weight excluding hydrogens is 176 g/mol. The van der Waals surface area contributed by atoms with Crippen LogP contribution in [0.3, 0.4) is 0 Å². The minimum absolute atomic E-state index is 0.123. The molecule has 1 atom stereocenters. The lowest BCUT2D eigenvalue weighted by Crippen LogP contribution is -2.23. The number of nitrogens with zero attached hydrogens (tertiary/aromatic N) is 2. The summed E-state index contributed by atoms with van der Waals surface area (Å²) in [6.07, 6.45) is 0. The van der Waals surface area contributed by atoms with Gasteiger partial charge in [0.15, 0.2) is 0 Å². The van der Waals surface area contributed by atoms with Crippen LogP contribution >= 0.6 is 0 Å². The van der Waals surface area contributed by atoms with E-state index in [2.05, 4.69) is 21.6 Å². The highest BCUT2D eigenvalue weighted by molar-refractivity contribution is 5.06. The molecule has 0 aliphatic heterocycles. The maximum absolute atomic E-state index is 8.48. The number of rotatable bonds is 3. The Bertz CT molecular complexity index is 285. The molecule has 0 aromatic carbocycles. The Hall–Kier alpha value is -1.34. The summed E-state index contributed by atoms with van der Waals surface area (Å²) < 4.78 is 0. The lowest BCUT2D eigenvalue weighted by molar-refractivity contribution is 0.631. The van der Waals surface area contributed by atoms with Crippen molar-refractivity contribution in [3.05, 3.63) is 17.5 Å². The van der Waals surface area contributed by atoms with Crippen LogP contribution in [0.15, 0.2) is 6.07 Å². The number of H-pyrrole nitrogens is 1. The van der Waals surface area contributed by atoms with Gasteiger partial charge in [0.05, 0.1) is 17.8 Å². The molecule has 0 bridgehead atoms. The van der Waals surface area contributed by atoms with E-state index >= 15 is 0 Å². The first-order chi connectivity index (χ1) is 6.72. The van der Waals surface area contributed by atoms with Crippen molar-refractivity contribution >= 4 is 0 Å². The van der Waals surface area contributed by atoms with Crippen LogP contribution in [0.5, 0.6) is 0 Å². The van der Waals surface area contributed by atoms with Crippen LogP contribution in [0.25, 0.3) is 0 Å². The van der Waals surface area contributed by atoms with Crippen LogP contribution in [-0.4, -0.2) is 16.2 Å². The molecule has 0 amide bonds. The highest BCUT2D eigenvalue weighted by atomic mass is 15.1. The predicted octanol–water partition coefficient (Wildman–Crippen LogP) is 1.75. The van der Waals surface area contributed by atoms with Crippen molar-refractivity contribution in [3.8, 4) is 6.07 Å². The molecule has 14 heavy (non-hydrogen) atoms. The lowest BCUT2D eigenvalue weighted by atomic mass is 10.3. The normalized spacial score (nSPS) is 11.1. The van der Waals surface area contributed by atoms with Gasteiger partial charge >= 0.3 is 0 Å². The predicted molar refractivity (Wildman–Crippen MR) is 56.6 cm³/mol. The highest BCUT2D eigenvalue weighted by Gasteiger charge is 2.00. The lowest BCUT2D eigenvalue weighted by Gasteiger charge is -2.01. The van der Waals surface area contributed by atoms with Gasteiger partial charge < -0.3 is 0 Å². The number of aromatic amines is 1. The van der Waals surface area contributed by atoms with Crippen LogP contribution in [-0.2, 0) is 6.54 Å². The third kappa shape index (κ3) is 4.63. The summed E-state index contributed by atoms with van der Waals surface area (Å²) in [5.74, 6) is 0. The molecule has 4 nitrogen and oxygen atoms in total. The maximum Gasteiger partial charge on any atom is 0.0927 e. The molecule has 0 fully saturated rings. The zero-order chi connectivity index (χ0) is 11.0. The average molecular weight is 194 g/mol. The van der Waals surface area contributed by atoms with E-state index in [1.54, 1.807) is 0 Å². The molecule has 0 spiro atoms. The molecule has 78 valence electrons. The Kier molecular flexibility index (Phi) is 6.42. The van der Waals surface area contributed by atoms with Crippen LogP contribution in [0.2, 0.25) is 0 Å². The van der Waals surface area contributed by atoms with Crippen molar-refractivity contribution in [1.29, 1.82) is 5.26 Å². The number of nitriles is 1. The first kappa shape index (κ1) is 12.7. The van der Waals surface area contributed by atoms with E-state index in [-0.39, 0.29) is 6.04 Å². The molecule has 0 saturated carbocycles. The molecule has 1 aromatic rings. The maximum atomic E-state index is 8.48. The number of aryl methyl sites for hydroxylation is 1. The van der Waals surface area contributed by atoms with Gasteiger partial charge in [-0.05, 0) is 19.9 Å². The highest BCUT2D eigenvalue weighted by Crippen LogP contribution is 1.96. The van der Waals surface area contributed by atoms with E-state index in [0.29, 0.717) is 6.54 Å². The Balaban J connectivity index is 0.000000791. The minimum atomic E-state index is -0.123. The number of aromatic nitrogens is 2. The Labute approximate surface area is 85.3 Å². The first-order valence-electron chi connectivity index (χ1n) is 4.86. The Morgan fingerprint density at radius 3 is 2.71 bits per heavy atom. The standard InChI is InChI=1S/C8H12N4.C2H6/c1-6-3-8(12-11-6)5-10-7(2)4-9;1-2/h3,7,10H,5H2,1-2H3,(H,11,12);1-2H3. The molecule has 0 aliphatic carbocycles. The summed E-state index contributed by atoms with van der Waals surface area (Å²) in [4.78, 5) is 0. The van der Waals surface area contributed by atoms with Crippen LogP contribution < -0.4 is 5.32 Å². The van der Waals surface area contributed by atoms with Crippen molar-refractivity contribution in [2.45, 2.75) is 40.3 Å². The second-order valence-corrected chi connectivity index (χ2v) is 2.77. The van der Waals surface area contributed by atoms with Crippen molar-refractivity contribution in [1.82, 2.24) is 15.5 Å². The molecule has 0 saturated heterocycles. The summed E-state index contributed by atoms with van der Waals surface area (Å²) in [6.45, 7) is 8.41. The average Bonchev–Trinajstić information content (AvgIpc) is 2.64. The van der Waals surface area contributed by atoms with E-state index in [4.69, 9.17) is 5.26 Å². The summed E-state index contributed by atoms with van der Waals surface area (Å²) in [5, 5.41) is 18.4. The fourth-order valence-corrected chi connectivity index (χ4v) is 0.868. The first-order valence-corrected chi connectivity index (χ1v) is 4.86. The summed E-state index contributed by atoms with van der Waals surface area (Å²) in [6, 6.07) is 3.93. The van der Waals surface area contributed by atoms with Gasteiger partial charge in [0.2, 0.25) is 0 Å². The molecule has 1 rings (SSSR count). The van der Waals surface area contributed by atoms with Gasteiger partial charge in [-0.25, -0.2) is 0 Å². The molecule has 1 unspecified atom stereocenters. The third-order valence-electron chi connectivity index (χ3n) is 1.54. The smallest absolute Gasteiger partial charge is 0.0927 e. The second kappa shape index (κ2) is 7.10. The van der Waals surface area contributed by atoms with E-state index in [9.17, 15) is 0 Å². The van der Waals surface area contributed by atoms with Gasteiger partial charge in [-0.2, -0.15) is 10.4 Å². The second-order valence-electron chi connectivity index (χ2n) is 2.77. The minimum Gasteiger partial charge on any atom is -0.296 e. The van der Waals surface area contributed by atoms with E-state index in [0.717, 1.165) is 11.4 Å². The topological polar surface area (TPSA) is 64.5 Å². The summed E-state index contributed by atoms with van der Waals surface area (Å²) in [5.41, 5.74) is 1.98. The van der Waals surface area contributed by atoms with Crippen molar-refractivity contribution in [2.24, 2.45) is 0 Å². The number of hydrogen-bond donors (Lipinski definition) is 2. The number of nitrogens with one attached hydrogen (secondary N) is 2. The largest absolute Gasteiger partial charge is 0.296 e. The zero-order valence-corrected chi connectivity index (χ0v) is 9.26. The van der Waals surface area contributed by atoms with Crippen LogP contribution in [0.4, 0.5) is 0 Å². The van der Waals surface area contributed by atoms with E-state index < -0.39 is 0 Å². The molecule has 1 heterocycles. The third-order valence-corrected chi connectivity index (χ3v) is 1.54. The van der Waals surface area contributed by atoms with E-state index in [1.807, 2.05) is 33.8 Å². The summed E-state index contributed by atoms with van der Waals surface area (Å²) in [7, 11) is 0. The quantitative estimate of drug-likeness (QED) is 0.770. The molecular formula is C10H18N4. The molecule has 0 radical (unpaired) electrons. The number of hydrogen-bond acceptors (Lipinski definition) is 3. The SMILES string of the molecule is CC.Cc1cc(CNC(C)C#N)n[nH]1. The fourth-order valence-electron chi connectivity index (χ4n) is 0.868. The molecule has 1 aromatic heterocycles. The van der Waals surface area contributed by atoms with Gasteiger partial charge in [0.1, 0.15) is 0 Å². The zero-order valence-electron chi connectivity index (χ0n) is 9.26.